The maximum atomic E-state index is 4.70. The van der Waals surface area contributed by atoms with Crippen LogP contribution in [0.3, 0.4) is 0 Å². The summed E-state index contributed by atoms with van der Waals surface area (Å²) in [6.07, 6.45) is 2.48. The van der Waals surface area contributed by atoms with Crippen molar-refractivity contribution in [1.82, 2.24) is 15.1 Å². The molecule has 3 nitrogen and oxygen atoms in total. The molecule has 0 amide bonds. The lowest BCUT2D eigenvalue weighted by Crippen LogP contribution is -2.17. The van der Waals surface area contributed by atoms with Crippen LogP contribution < -0.4 is 5.32 Å². The fourth-order valence-corrected chi connectivity index (χ4v) is 4.19. The van der Waals surface area contributed by atoms with Crippen molar-refractivity contribution in [2.45, 2.75) is 25.8 Å². The highest BCUT2D eigenvalue weighted by molar-refractivity contribution is 9.10. The van der Waals surface area contributed by atoms with Crippen molar-refractivity contribution in [3.05, 3.63) is 27.2 Å². The van der Waals surface area contributed by atoms with Crippen LogP contribution in [-0.2, 0) is 7.05 Å². The molecule has 0 radical (unpaired) electrons. The van der Waals surface area contributed by atoms with E-state index in [0.29, 0.717) is 6.04 Å². The highest BCUT2D eigenvalue weighted by Gasteiger charge is 2.24. The van der Waals surface area contributed by atoms with Crippen LogP contribution in [0.5, 0.6) is 0 Å². The van der Waals surface area contributed by atoms with Crippen LogP contribution in [0.15, 0.2) is 15.9 Å². The van der Waals surface area contributed by atoms with Crippen LogP contribution in [0.25, 0.3) is 10.6 Å². The quantitative estimate of drug-likeness (QED) is 0.913. The average Bonchev–Trinajstić information content (AvgIpc) is 3.01. The van der Waals surface area contributed by atoms with E-state index >= 15 is 0 Å². The van der Waals surface area contributed by atoms with Gasteiger partial charge in [0.1, 0.15) is 5.69 Å². The van der Waals surface area contributed by atoms with Crippen LogP contribution in [0.4, 0.5) is 0 Å². The molecule has 1 aliphatic heterocycles. The molecule has 1 unspecified atom stereocenters. The fourth-order valence-electron chi connectivity index (χ4n) is 2.72. The van der Waals surface area contributed by atoms with Crippen molar-refractivity contribution in [2.24, 2.45) is 7.05 Å². The Morgan fingerprint density at radius 3 is 3.00 bits per heavy atom. The van der Waals surface area contributed by atoms with Crippen LogP contribution in [0, 0.1) is 6.92 Å². The standard InChI is InChI=1S/C13H16BrN3S/c1-8-12(11-6-9(14)7-18-11)16-17(2)13(8)10-4-3-5-15-10/h6-7,10,15H,3-5H2,1-2H3. The van der Waals surface area contributed by atoms with Gasteiger partial charge in [0.05, 0.1) is 10.6 Å². The first-order chi connectivity index (χ1) is 8.66. The molecule has 0 spiro atoms. The Labute approximate surface area is 119 Å². The van der Waals surface area contributed by atoms with E-state index in [-0.39, 0.29) is 0 Å². The molecular weight excluding hydrogens is 310 g/mol. The molecular formula is C13H16BrN3S. The number of hydrogen-bond donors (Lipinski definition) is 1. The molecule has 1 saturated heterocycles. The topological polar surface area (TPSA) is 29.9 Å². The first-order valence-electron chi connectivity index (χ1n) is 6.18. The van der Waals surface area contributed by atoms with Gasteiger partial charge in [-0.2, -0.15) is 5.10 Å². The summed E-state index contributed by atoms with van der Waals surface area (Å²) in [5, 5.41) is 10.4. The molecule has 2 aromatic heterocycles. The summed E-state index contributed by atoms with van der Waals surface area (Å²) in [5.41, 5.74) is 3.77. The minimum absolute atomic E-state index is 0.472. The summed E-state index contributed by atoms with van der Waals surface area (Å²) >= 11 is 5.25. The molecule has 3 rings (SSSR count). The predicted molar refractivity (Wildman–Crippen MR) is 78.9 cm³/mol. The van der Waals surface area contributed by atoms with Gasteiger partial charge in [-0.1, -0.05) is 0 Å². The van der Waals surface area contributed by atoms with Gasteiger partial charge < -0.3 is 5.32 Å². The van der Waals surface area contributed by atoms with E-state index < -0.39 is 0 Å². The van der Waals surface area contributed by atoms with E-state index in [4.69, 9.17) is 5.10 Å². The lowest BCUT2D eigenvalue weighted by Gasteiger charge is -2.11. The Balaban J connectivity index is 2.04. The van der Waals surface area contributed by atoms with Crippen LogP contribution >= 0.6 is 27.3 Å². The average molecular weight is 326 g/mol. The number of aryl methyl sites for hydroxylation is 1. The van der Waals surface area contributed by atoms with E-state index in [1.54, 1.807) is 11.3 Å². The molecule has 0 saturated carbocycles. The first kappa shape index (κ1) is 12.4. The lowest BCUT2D eigenvalue weighted by atomic mass is 10.1. The van der Waals surface area contributed by atoms with Crippen molar-refractivity contribution in [2.75, 3.05) is 6.54 Å². The molecule has 18 heavy (non-hydrogen) atoms. The maximum absolute atomic E-state index is 4.70. The van der Waals surface area contributed by atoms with Crippen molar-refractivity contribution in [1.29, 1.82) is 0 Å². The van der Waals surface area contributed by atoms with Gasteiger partial charge in [0.15, 0.2) is 0 Å². The molecule has 1 atom stereocenters. The molecule has 5 heteroatoms. The van der Waals surface area contributed by atoms with Crippen LogP contribution in [0.2, 0.25) is 0 Å². The third kappa shape index (κ3) is 2.04. The van der Waals surface area contributed by atoms with Gasteiger partial charge in [0.25, 0.3) is 0 Å². The molecule has 1 aliphatic rings. The molecule has 1 N–H and O–H groups in total. The SMILES string of the molecule is Cc1c(-c2cc(Br)cs2)nn(C)c1C1CCCN1. The Morgan fingerprint density at radius 1 is 1.56 bits per heavy atom. The van der Waals surface area contributed by atoms with E-state index in [1.807, 2.05) is 4.68 Å². The van der Waals surface area contributed by atoms with Gasteiger partial charge in [0, 0.05) is 28.5 Å². The second-order valence-corrected chi connectivity index (χ2v) is 6.59. The van der Waals surface area contributed by atoms with Crippen LogP contribution in [-0.4, -0.2) is 16.3 Å². The van der Waals surface area contributed by atoms with Gasteiger partial charge in [-0.05, 0) is 48.3 Å². The summed E-state index contributed by atoms with van der Waals surface area (Å²) in [4.78, 5) is 1.24. The van der Waals surface area contributed by atoms with Gasteiger partial charge in [-0.25, -0.2) is 0 Å². The second kappa shape index (κ2) is 4.79. The number of halogens is 1. The maximum Gasteiger partial charge on any atom is 0.106 e. The van der Waals surface area contributed by atoms with Gasteiger partial charge >= 0.3 is 0 Å². The number of rotatable bonds is 2. The van der Waals surface area contributed by atoms with Crippen LogP contribution in [0.1, 0.15) is 30.1 Å². The smallest absolute Gasteiger partial charge is 0.106 e. The molecule has 2 aromatic rings. The van der Waals surface area contributed by atoms with Gasteiger partial charge in [-0.3, -0.25) is 4.68 Å². The number of nitrogens with zero attached hydrogens (tertiary/aromatic N) is 2. The predicted octanol–water partition coefficient (Wildman–Crippen LogP) is 3.64. The summed E-state index contributed by atoms with van der Waals surface area (Å²) in [6.45, 7) is 3.31. The molecule has 0 bridgehead atoms. The number of aromatic nitrogens is 2. The largest absolute Gasteiger partial charge is 0.309 e. The number of thiophene rings is 1. The summed E-state index contributed by atoms with van der Waals surface area (Å²) in [7, 11) is 2.05. The zero-order valence-corrected chi connectivity index (χ0v) is 12.9. The minimum Gasteiger partial charge on any atom is -0.309 e. The van der Waals surface area contributed by atoms with Crippen molar-refractivity contribution in [3.8, 4) is 10.6 Å². The van der Waals surface area contributed by atoms with E-state index in [2.05, 4.69) is 46.7 Å². The highest BCUT2D eigenvalue weighted by Crippen LogP contribution is 2.35. The number of nitrogens with one attached hydrogen (secondary N) is 1. The molecule has 3 heterocycles. The summed E-state index contributed by atoms with van der Waals surface area (Å²) in [5.74, 6) is 0. The van der Waals surface area contributed by atoms with Crippen molar-refractivity contribution in [3.63, 3.8) is 0 Å². The van der Waals surface area contributed by atoms with E-state index in [1.165, 1.54) is 29.0 Å². The van der Waals surface area contributed by atoms with Crippen molar-refractivity contribution < 1.29 is 0 Å². The molecule has 1 fully saturated rings. The summed E-state index contributed by atoms with van der Waals surface area (Å²) < 4.78 is 3.18. The van der Waals surface area contributed by atoms with Gasteiger partial charge in [0.2, 0.25) is 0 Å². The third-order valence-corrected chi connectivity index (χ3v) is 5.23. The Bertz CT molecular complexity index is 567. The molecule has 0 aromatic carbocycles. The normalized spacial score (nSPS) is 19.6. The third-order valence-electron chi connectivity index (χ3n) is 3.53. The molecule has 0 aliphatic carbocycles. The zero-order valence-electron chi connectivity index (χ0n) is 10.5. The number of hydrogen-bond acceptors (Lipinski definition) is 3. The van der Waals surface area contributed by atoms with E-state index in [9.17, 15) is 0 Å². The minimum atomic E-state index is 0.472. The van der Waals surface area contributed by atoms with E-state index in [0.717, 1.165) is 16.7 Å². The highest BCUT2D eigenvalue weighted by atomic mass is 79.9. The van der Waals surface area contributed by atoms with Crippen molar-refractivity contribution >= 4 is 27.3 Å². The fraction of sp³-hybridized carbons (Fsp3) is 0.462. The molecule has 96 valence electrons. The Hall–Kier alpha value is -0.650. The zero-order chi connectivity index (χ0) is 12.7. The monoisotopic (exact) mass is 325 g/mol. The first-order valence-corrected chi connectivity index (χ1v) is 7.85. The van der Waals surface area contributed by atoms with Gasteiger partial charge in [-0.15, -0.1) is 11.3 Å². The Morgan fingerprint density at radius 2 is 2.39 bits per heavy atom. The second-order valence-electron chi connectivity index (χ2n) is 4.76. The Kier molecular flexibility index (Phi) is 3.30. The lowest BCUT2D eigenvalue weighted by molar-refractivity contribution is 0.572. The summed E-state index contributed by atoms with van der Waals surface area (Å²) in [6, 6.07) is 2.62.